The van der Waals surface area contributed by atoms with Gasteiger partial charge < -0.3 is 0 Å². The zero-order valence-electron chi connectivity index (χ0n) is 10.5. The van der Waals surface area contributed by atoms with Crippen molar-refractivity contribution in [2.75, 3.05) is 0 Å². The van der Waals surface area contributed by atoms with Gasteiger partial charge >= 0.3 is 0 Å². The van der Waals surface area contributed by atoms with Crippen molar-refractivity contribution in [3.63, 3.8) is 0 Å². The lowest BCUT2D eigenvalue weighted by Gasteiger charge is -1.98. The highest BCUT2D eigenvalue weighted by atomic mass is 32.2. The minimum atomic E-state index is 1.06. The largest absolute Gasteiger partial charge is 0.185 e. The predicted octanol–water partition coefficient (Wildman–Crippen LogP) is 5.27. The van der Waals surface area contributed by atoms with Crippen LogP contribution in [0, 0.1) is 6.92 Å². The van der Waals surface area contributed by atoms with Gasteiger partial charge in [-0.25, -0.2) is 0 Å². The maximum absolute atomic E-state index is 4.51. The molecule has 3 heteroatoms. The van der Waals surface area contributed by atoms with E-state index in [9.17, 15) is 0 Å². The van der Waals surface area contributed by atoms with Gasteiger partial charge in [0.25, 0.3) is 0 Å². The lowest BCUT2D eigenvalue weighted by Crippen LogP contribution is -1.74. The molecule has 3 rings (SSSR count). The zero-order valence-corrected chi connectivity index (χ0v) is 12.2. The average Bonchev–Trinajstić information content (AvgIpc) is 2.91. The molecule has 0 aliphatic carbocycles. The Morgan fingerprint density at radius 2 is 1.68 bits per heavy atom. The Kier molecular flexibility index (Phi) is 3.67. The molecule has 0 aliphatic rings. The second-order valence-corrected chi connectivity index (χ2v) is 6.21. The molecule has 0 amide bonds. The first-order valence-corrected chi connectivity index (χ1v) is 7.67. The van der Waals surface area contributed by atoms with Crippen molar-refractivity contribution in [3.05, 3.63) is 66.2 Å². The van der Waals surface area contributed by atoms with Gasteiger partial charge in [0.15, 0.2) is 0 Å². The van der Waals surface area contributed by atoms with E-state index < -0.39 is 0 Å². The standard InChI is InChI=1S/C16H13NS2/c1-12-7-9-14(10-8-12)18-16-11-15(19-17-16)13-5-3-2-4-6-13/h2-11H,1H3. The predicted molar refractivity (Wildman–Crippen MR) is 82.9 cm³/mol. The highest BCUT2D eigenvalue weighted by molar-refractivity contribution is 7.99. The highest BCUT2D eigenvalue weighted by Crippen LogP contribution is 2.32. The summed E-state index contributed by atoms with van der Waals surface area (Å²) >= 11 is 3.27. The summed E-state index contributed by atoms with van der Waals surface area (Å²) in [5.41, 5.74) is 2.52. The van der Waals surface area contributed by atoms with E-state index in [0.717, 1.165) is 5.03 Å². The van der Waals surface area contributed by atoms with E-state index in [2.05, 4.69) is 65.9 Å². The molecular formula is C16H13NS2. The van der Waals surface area contributed by atoms with Crippen molar-refractivity contribution in [1.29, 1.82) is 0 Å². The van der Waals surface area contributed by atoms with E-state index in [1.165, 1.54) is 20.9 Å². The fourth-order valence-corrected chi connectivity index (χ4v) is 3.45. The molecule has 0 spiro atoms. The van der Waals surface area contributed by atoms with Crippen molar-refractivity contribution in [2.24, 2.45) is 0 Å². The fraction of sp³-hybridized carbons (Fsp3) is 0.0625. The van der Waals surface area contributed by atoms with Crippen molar-refractivity contribution in [2.45, 2.75) is 16.8 Å². The van der Waals surface area contributed by atoms with Crippen molar-refractivity contribution < 1.29 is 0 Å². The molecule has 0 bridgehead atoms. The van der Waals surface area contributed by atoms with Gasteiger partial charge in [0.1, 0.15) is 5.03 Å². The van der Waals surface area contributed by atoms with Crippen LogP contribution in [0.4, 0.5) is 0 Å². The van der Waals surface area contributed by atoms with Crippen LogP contribution in [0.2, 0.25) is 0 Å². The lowest BCUT2D eigenvalue weighted by atomic mass is 10.2. The molecule has 1 aromatic heterocycles. The Morgan fingerprint density at radius 1 is 0.947 bits per heavy atom. The van der Waals surface area contributed by atoms with E-state index >= 15 is 0 Å². The molecule has 2 aromatic carbocycles. The van der Waals surface area contributed by atoms with E-state index in [-0.39, 0.29) is 0 Å². The van der Waals surface area contributed by atoms with Crippen LogP contribution in [-0.2, 0) is 0 Å². The maximum atomic E-state index is 4.51. The Morgan fingerprint density at radius 3 is 2.42 bits per heavy atom. The maximum Gasteiger partial charge on any atom is 0.115 e. The van der Waals surface area contributed by atoms with Crippen LogP contribution in [0.5, 0.6) is 0 Å². The molecule has 0 N–H and O–H groups in total. The number of aromatic nitrogens is 1. The van der Waals surface area contributed by atoms with Gasteiger partial charge in [-0.3, -0.25) is 0 Å². The van der Waals surface area contributed by atoms with Gasteiger partial charge in [0.05, 0.1) is 4.88 Å². The molecule has 3 aromatic rings. The minimum Gasteiger partial charge on any atom is -0.185 e. The van der Waals surface area contributed by atoms with Crippen LogP contribution in [-0.4, -0.2) is 4.37 Å². The molecule has 1 nitrogen and oxygen atoms in total. The average molecular weight is 283 g/mol. The van der Waals surface area contributed by atoms with Crippen LogP contribution in [0.25, 0.3) is 10.4 Å². The van der Waals surface area contributed by atoms with Gasteiger partial charge in [-0.15, -0.1) is 0 Å². The lowest BCUT2D eigenvalue weighted by molar-refractivity contribution is 1.27. The van der Waals surface area contributed by atoms with Crippen LogP contribution < -0.4 is 0 Å². The fourth-order valence-electron chi connectivity index (χ4n) is 1.77. The number of rotatable bonds is 3. The summed E-state index contributed by atoms with van der Waals surface area (Å²) in [7, 11) is 0. The second-order valence-electron chi connectivity index (χ2n) is 4.31. The normalized spacial score (nSPS) is 10.6. The smallest absolute Gasteiger partial charge is 0.115 e. The highest BCUT2D eigenvalue weighted by Gasteiger charge is 2.05. The molecule has 0 unspecified atom stereocenters. The molecule has 0 atom stereocenters. The number of nitrogens with zero attached hydrogens (tertiary/aromatic N) is 1. The molecule has 0 aliphatic heterocycles. The Hall–Kier alpha value is -1.58. The Labute approximate surface area is 121 Å². The summed E-state index contributed by atoms with van der Waals surface area (Å²) in [5, 5.41) is 1.06. The minimum absolute atomic E-state index is 1.06. The van der Waals surface area contributed by atoms with Crippen molar-refractivity contribution in [3.8, 4) is 10.4 Å². The summed E-state index contributed by atoms with van der Waals surface area (Å²) in [4.78, 5) is 2.45. The number of benzene rings is 2. The first kappa shape index (κ1) is 12.5. The summed E-state index contributed by atoms with van der Waals surface area (Å²) in [6.07, 6.45) is 0. The second kappa shape index (κ2) is 5.59. The van der Waals surface area contributed by atoms with Gasteiger partial charge in [0, 0.05) is 4.90 Å². The van der Waals surface area contributed by atoms with Gasteiger partial charge in [-0.1, -0.05) is 59.8 Å². The number of hydrogen-bond donors (Lipinski definition) is 0. The Balaban J connectivity index is 1.80. The molecule has 0 saturated heterocycles. The number of aryl methyl sites for hydroxylation is 1. The van der Waals surface area contributed by atoms with E-state index in [1.807, 2.05) is 6.07 Å². The monoisotopic (exact) mass is 283 g/mol. The molecule has 0 fully saturated rings. The summed E-state index contributed by atoms with van der Waals surface area (Å²) in [6.45, 7) is 2.10. The van der Waals surface area contributed by atoms with Crippen LogP contribution in [0.3, 0.4) is 0 Å². The van der Waals surface area contributed by atoms with Crippen molar-refractivity contribution >= 4 is 23.3 Å². The van der Waals surface area contributed by atoms with E-state index in [4.69, 9.17) is 0 Å². The summed E-state index contributed by atoms with van der Waals surface area (Å²) in [5.74, 6) is 0. The number of hydrogen-bond acceptors (Lipinski definition) is 3. The molecule has 94 valence electrons. The van der Waals surface area contributed by atoms with Crippen molar-refractivity contribution in [1.82, 2.24) is 4.37 Å². The van der Waals surface area contributed by atoms with Gasteiger partial charge in [0.2, 0.25) is 0 Å². The SMILES string of the molecule is Cc1ccc(Sc2cc(-c3ccccc3)sn2)cc1. The molecule has 0 radical (unpaired) electrons. The van der Waals surface area contributed by atoms with E-state index in [0.29, 0.717) is 0 Å². The molecule has 0 saturated carbocycles. The molecule has 19 heavy (non-hydrogen) atoms. The van der Waals surface area contributed by atoms with Crippen LogP contribution >= 0.6 is 23.3 Å². The third-order valence-electron chi connectivity index (χ3n) is 2.79. The van der Waals surface area contributed by atoms with Gasteiger partial charge in [-0.2, -0.15) is 4.37 Å². The van der Waals surface area contributed by atoms with Crippen LogP contribution in [0.15, 0.2) is 70.6 Å². The van der Waals surface area contributed by atoms with Gasteiger partial charge in [-0.05, 0) is 42.2 Å². The quantitative estimate of drug-likeness (QED) is 0.649. The Bertz CT molecular complexity index is 657. The molecular weight excluding hydrogens is 270 g/mol. The van der Waals surface area contributed by atoms with E-state index in [1.54, 1.807) is 23.3 Å². The van der Waals surface area contributed by atoms with Crippen LogP contribution in [0.1, 0.15) is 5.56 Å². The topological polar surface area (TPSA) is 12.9 Å². The first-order valence-electron chi connectivity index (χ1n) is 6.08. The zero-order chi connectivity index (χ0) is 13.1. The summed E-state index contributed by atoms with van der Waals surface area (Å²) in [6, 6.07) is 21.1. The third-order valence-corrected chi connectivity index (χ3v) is 4.67. The first-order chi connectivity index (χ1) is 9.31. The third kappa shape index (κ3) is 3.06. The summed E-state index contributed by atoms with van der Waals surface area (Å²) < 4.78 is 4.51. The molecule has 1 heterocycles.